The summed E-state index contributed by atoms with van der Waals surface area (Å²) in [5.74, 6) is 0.955. The first kappa shape index (κ1) is 22.2. The Balaban J connectivity index is 1.65. The third-order valence-corrected chi connectivity index (χ3v) is 6.45. The number of rotatable bonds is 10. The van der Waals surface area contributed by atoms with Gasteiger partial charge in [0.2, 0.25) is 11.8 Å². The normalized spacial score (nSPS) is 18.5. The van der Waals surface area contributed by atoms with Crippen molar-refractivity contribution in [3.63, 3.8) is 0 Å². The highest BCUT2D eigenvalue weighted by Gasteiger charge is 2.30. The Morgan fingerprint density at radius 1 is 1.37 bits per heavy atom. The van der Waals surface area contributed by atoms with E-state index in [2.05, 4.69) is 35.9 Å². The number of aromatic nitrogens is 2. The molecule has 0 bridgehead atoms. The molecule has 160 valence electrons. The molecule has 1 aliphatic rings. The SMILES string of the molecule is C=CC[C@H]1CC=C[C@H](CCCC)N1C(=O)CCc1nnc(-c2ccc(C(C)=O)s2)o1. The van der Waals surface area contributed by atoms with Gasteiger partial charge in [-0.1, -0.05) is 38.0 Å². The summed E-state index contributed by atoms with van der Waals surface area (Å²) in [6, 6.07) is 3.87. The smallest absolute Gasteiger partial charge is 0.257 e. The molecule has 3 heterocycles. The van der Waals surface area contributed by atoms with E-state index >= 15 is 0 Å². The van der Waals surface area contributed by atoms with Crippen LogP contribution in [0, 0.1) is 0 Å². The fourth-order valence-corrected chi connectivity index (χ4v) is 4.57. The average molecular weight is 428 g/mol. The van der Waals surface area contributed by atoms with Crippen molar-refractivity contribution in [2.75, 3.05) is 0 Å². The minimum absolute atomic E-state index is 0.0128. The van der Waals surface area contributed by atoms with Crippen LogP contribution < -0.4 is 0 Å². The fraction of sp³-hybridized carbons (Fsp3) is 0.478. The molecule has 0 saturated carbocycles. The van der Waals surface area contributed by atoms with Crippen LogP contribution in [0.2, 0.25) is 0 Å². The largest absolute Gasteiger partial charge is 0.420 e. The van der Waals surface area contributed by atoms with Crippen molar-refractivity contribution in [3.05, 3.63) is 47.7 Å². The van der Waals surface area contributed by atoms with Crippen molar-refractivity contribution in [1.82, 2.24) is 15.1 Å². The maximum absolute atomic E-state index is 13.1. The molecule has 0 radical (unpaired) electrons. The Bertz CT molecular complexity index is 914. The number of hydrogen-bond donors (Lipinski definition) is 0. The first-order valence-corrected chi connectivity index (χ1v) is 11.4. The van der Waals surface area contributed by atoms with Crippen molar-refractivity contribution in [1.29, 1.82) is 0 Å². The van der Waals surface area contributed by atoms with Gasteiger partial charge in [0.15, 0.2) is 5.78 Å². The summed E-state index contributed by atoms with van der Waals surface area (Å²) in [4.78, 5) is 28.0. The van der Waals surface area contributed by atoms with Crippen LogP contribution in [0.25, 0.3) is 10.8 Å². The van der Waals surface area contributed by atoms with Gasteiger partial charge < -0.3 is 9.32 Å². The summed E-state index contributed by atoms with van der Waals surface area (Å²) in [5, 5.41) is 8.17. The van der Waals surface area contributed by atoms with Gasteiger partial charge in [0.1, 0.15) is 0 Å². The predicted octanol–water partition coefficient (Wildman–Crippen LogP) is 5.23. The van der Waals surface area contributed by atoms with E-state index in [1.807, 2.05) is 17.0 Å². The van der Waals surface area contributed by atoms with Crippen LogP contribution in [-0.2, 0) is 11.2 Å². The molecular weight excluding hydrogens is 398 g/mol. The van der Waals surface area contributed by atoms with Crippen LogP contribution >= 0.6 is 11.3 Å². The van der Waals surface area contributed by atoms with E-state index in [-0.39, 0.29) is 23.8 Å². The van der Waals surface area contributed by atoms with Crippen LogP contribution in [0.5, 0.6) is 0 Å². The molecule has 0 spiro atoms. The first-order valence-electron chi connectivity index (χ1n) is 10.6. The Labute approximate surface area is 181 Å². The number of thiophene rings is 1. The number of amides is 1. The van der Waals surface area contributed by atoms with E-state index < -0.39 is 0 Å². The zero-order chi connectivity index (χ0) is 21.5. The lowest BCUT2D eigenvalue weighted by Gasteiger charge is -2.39. The average Bonchev–Trinajstić information content (AvgIpc) is 3.40. The summed E-state index contributed by atoms with van der Waals surface area (Å²) in [5.41, 5.74) is 0. The highest BCUT2D eigenvalue weighted by molar-refractivity contribution is 7.17. The highest BCUT2D eigenvalue weighted by atomic mass is 32.1. The van der Waals surface area contributed by atoms with E-state index in [9.17, 15) is 9.59 Å². The first-order chi connectivity index (χ1) is 14.5. The van der Waals surface area contributed by atoms with Crippen molar-refractivity contribution in [2.45, 2.75) is 70.9 Å². The monoisotopic (exact) mass is 427 g/mol. The number of carbonyl (C=O) groups is 2. The van der Waals surface area contributed by atoms with Gasteiger partial charge in [0.25, 0.3) is 5.89 Å². The molecule has 0 saturated heterocycles. The van der Waals surface area contributed by atoms with Crippen LogP contribution in [0.4, 0.5) is 0 Å². The van der Waals surface area contributed by atoms with E-state index in [0.717, 1.165) is 37.0 Å². The molecule has 30 heavy (non-hydrogen) atoms. The lowest BCUT2D eigenvalue weighted by atomic mass is 9.95. The molecule has 2 aromatic heterocycles. The molecule has 3 rings (SSSR count). The Kier molecular flexibility index (Phi) is 7.74. The lowest BCUT2D eigenvalue weighted by Crippen LogP contribution is -2.48. The predicted molar refractivity (Wildman–Crippen MR) is 118 cm³/mol. The Morgan fingerprint density at radius 3 is 2.90 bits per heavy atom. The van der Waals surface area contributed by atoms with Crippen molar-refractivity contribution < 1.29 is 14.0 Å². The molecule has 6 nitrogen and oxygen atoms in total. The van der Waals surface area contributed by atoms with Gasteiger partial charge in [0, 0.05) is 18.9 Å². The standard InChI is InChI=1S/C23H29N3O3S/c1-4-6-9-18-11-7-10-17(8-5-2)26(18)22(28)15-14-21-24-25-23(29-21)20-13-12-19(30-20)16(3)27/h5,7,11-13,17-18H,2,4,6,8-10,14-15H2,1,3H3/t17-,18-/m0/s1. The van der Waals surface area contributed by atoms with Gasteiger partial charge in [0.05, 0.1) is 15.8 Å². The quantitative estimate of drug-likeness (QED) is 0.383. The minimum Gasteiger partial charge on any atom is -0.420 e. The minimum atomic E-state index is 0.0128. The second-order valence-corrected chi connectivity index (χ2v) is 8.66. The molecule has 0 fully saturated rings. The molecule has 0 aromatic carbocycles. The van der Waals surface area contributed by atoms with Crippen LogP contribution in [-0.4, -0.2) is 38.9 Å². The van der Waals surface area contributed by atoms with Crippen molar-refractivity contribution in [3.8, 4) is 10.8 Å². The van der Waals surface area contributed by atoms with Crippen LogP contribution in [0.3, 0.4) is 0 Å². The lowest BCUT2D eigenvalue weighted by molar-refractivity contribution is -0.135. The maximum Gasteiger partial charge on any atom is 0.257 e. The Hall–Kier alpha value is -2.54. The van der Waals surface area contributed by atoms with Gasteiger partial charge in [-0.25, -0.2) is 0 Å². The Morgan fingerprint density at radius 2 is 2.20 bits per heavy atom. The number of hydrogen-bond acceptors (Lipinski definition) is 6. The van der Waals surface area contributed by atoms with E-state index in [1.54, 1.807) is 6.07 Å². The molecule has 0 aliphatic carbocycles. The summed E-state index contributed by atoms with van der Waals surface area (Å²) >= 11 is 1.33. The van der Waals surface area contributed by atoms with Gasteiger partial charge in [-0.15, -0.1) is 28.1 Å². The van der Waals surface area contributed by atoms with Crippen LogP contribution in [0.1, 0.15) is 67.9 Å². The van der Waals surface area contributed by atoms with E-state index in [0.29, 0.717) is 29.5 Å². The zero-order valence-corrected chi connectivity index (χ0v) is 18.5. The maximum atomic E-state index is 13.1. The van der Waals surface area contributed by atoms with Gasteiger partial charge in [-0.05, 0) is 38.3 Å². The van der Waals surface area contributed by atoms with Gasteiger partial charge in [-0.3, -0.25) is 9.59 Å². The van der Waals surface area contributed by atoms with Gasteiger partial charge >= 0.3 is 0 Å². The van der Waals surface area contributed by atoms with Crippen molar-refractivity contribution in [2.24, 2.45) is 0 Å². The molecule has 0 N–H and O–H groups in total. The number of nitrogens with zero attached hydrogens (tertiary/aromatic N) is 3. The summed E-state index contributed by atoms with van der Waals surface area (Å²) in [6.07, 6.45) is 11.8. The number of aryl methyl sites for hydroxylation is 1. The summed E-state index contributed by atoms with van der Waals surface area (Å²) in [6.45, 7) is 7.56. The molecule has 7 heteroatoms. The third kappa shape index (κ3) is 5.33. The second kappa shape index (κ2) is 10.5. The summed E-state index contributed by atoms with van der Waals surface area (Å²) < 4.78 is 5.74. The molecule has 1 amide bonds. The zero-order valence-electron chi connectivity index (χ0n) is 17.7. The molecule has 1 aliphatic heterocycles. The highest BCUT2D eigenvalue weighted by Crippen LogP contribution is 2.28. The van der Waals surface area contributed by atoms with E-state index in [4.69, 9.17) is 4.42 Å². The number of unbranched alkanes of at least 4 members (excludes halogenated alkanes) is 1. The van der Waals surface area contributed by atoms with Crippen LogP contribution in [0.15, 0.2) is 41.4 Å². The summed E-state index contributed by atoms with van der Waals surface area (Å²) in [7, 11) is 0. The third-order valence-electron chi connectivity index (χ3n) is 5.28. The van der Waals surface area contributed by atoms with Gasteiger partial charge in [-0.2, -0.15) is 0 Å². The number of ketones is 1. The fourth-order valence-electron chi connectivity index (χ4n) is 3.75. The molecular formula is C23H29N3O3S. The topological polar surface area (TPSA) is 76.3 Å². The molecule has 2 aromatic rings. The second-order valence-electron chi connectivity index (χ2n) is 7.57. The molecule has 2 atom stereocenters. The van der Waals surface area contributed by atoms with Crippen molar-refractivity contribution >= 4 is 23.0 Å². The number of Topliss-reactive ketones (excluding diaryl/α,β-unsaturated/α-hetero) is 1. The van der Waals surface area contributed by atoms with E-state index in [1.165, 1.54) is 18.3 Å². The molecule has 0 unspecified atom stereocenters. The number of carbonyl (C=O) groups excluding carboxylic acids is 2.